The van der Waals surface area contributed by atoms with Crippen LogP contribution < -0.4 is 15.2 Å². The number of nitrogens with two attached hydrogens (primary N) is 1. The summed E-state index contributed by atoms with van der Waals surface area (Å²) in [6.45, 7) is 1.30. The molecule has 2 N–H and O–H groups in total. The Morgan fingerprint density at radius 3 is 2.70 bits per heavy atom. The number of benzene rings is 1. The first-order chi connectivity index (χ1) is 11.2. The Morgan fingerprint density at radius 1 is 1.22 bits per heavy atom. The van der Waals surface area contributed by atoms with Crippen molar-refractivity contribution in [2.75, 3.05) is 20.2 Å². The van der Waals surface area contributed by atoms with Gasteiger partial charge in [0.05, 0.1) is 13.2 Å². The summed E-state index contributed by atoms with van der Waals surface area (Å²) in [6, 6.07) is 5.64. The van der Waals surface area contributed by atoms with Crippen molar-refractivity contribution in [1.29, 1.82) is 0 Å². The van der Waals surface area contributed by atoms with E-state index in [1.807, 2.05) is 17.0 Å². The third-order valence-electron chi connectivity index (χ3n) is 4.92. The van der Waals surface area contributed by atoms with Gasteiger partial charge in [-0.1, -0.05) is 0 Å². The first-order valence-electron chi connectivity index (χ1n) is 8.58. The van der Waals surface area contributed by atoms with Gasteiger partial charge in [-0.2, -0.15) is 0 Å². The minimum atomic E-state index is 0.0312. The molecule has 2 fully saturated rings. The number of rotatable bonds is 5. The largest absolute Gasteiger partial charge is 0.493 e. The Bertz CT molecular complexity index is 555. The number of hydrogen-bond acceptors (Lipinski definition) is 4. The zero-order chi connectivity index (χ0) is 16.2. The van der Waals surface area contributed by atoms with Crippen LogP contribution in [0.25, 0.3) is 0 Å². The molecule has 3 rings (SSSR count). The summed E-state index contributed by atoms with van der Waals surface area (Å²) in [5, 5.41) is 0. The highest BCUT2D eigenvalue weighted by atomic mass is 16.5. The predicted molar refractivity (Wildman–Crippen MR) is 89.0 cm³/mol. The molecule has 1 atom stereocenters. The lowest BCUT2D eigenvalue weighted by Crippen LogP contribution is -2.39. The second kappa shape index (κ2) is 7.21. The van der Waals surface area contributed by atoms with E-state index in [0.717, 1.165) is 38.0 Å². The minimum Gasteiger partial charge on any atom is -0.493 e. The fourth-order valence-corrected chi connectivity index (χ4v) is 3.60. The van der Waals surface area contributed by atoms with Crippen molar-refractivity contribution in [1.82, 2.24) is 4.90 Å². The molecule has 1 aliphatic heterocycles. The number of carbonyl (C=O) groups excluding carboxylic acids is 1. The molecule has 0 unspecified atom stereocenters. The zero-order valence-corrected chi connectivity index (χ0v) is 13.8. The third-order valence-corrected chi connectivity index (χ3v) is 4.92. The normalized spacial score (nSPS) is 21.7. The molecule has 0 radical (unpaired) electrons. The molecule has 0 bridgehead atoms. The number of hydrogen-bond donors (Lipinski definition) is 1. The van der Waals surface area contributed by atoms with E-state index in [4.69, 9.17) is 15.2 Å². The lowest BCUT2D eigenvalue weighted by atomic mass is 10.1. The molecular weight excluding hydrogens is 292 g/mol. The number of carbonyl (C=O) groups is 1. The Morgan fingerprint density at radius 2 is 2.00 bits per heavy atom. The van der Waals surface area contributed by atoms with Gasteiger partial charge in [0.2, 0.25) is 0 Å². The molecule has 23 heavy (non-hydrogen) atoms. The second-order valence-electron chi connectivity index (χ2n) is 6.42. The van der Waals surface area contributed by atoms with E-state index >= 15 is 0 Å². The van der Waals surface area contributed by atoms with Crippen molar-refractivity contribution >= 4 is 5.91 Å². The van der Waals surface area contributed by atoms with E-state index in [0.29, 0.717) is 17.9 Å². The molecule has 1 amide bonds. The zero-order valence-electron chi connectivity index (χ0n) is 13.8. The van der Waals surface area contributed by atoms with Crippen LogP contribution in [-0.2, 0) is 0 Å². The maximum atomic E-state index is 12.7. The van der Waals surface area contributed by atoms with Crippen LogP contribution in [0.5, 0.6) is 11.5 Å². The maximum Gasteiger partial charge on any atom is 0.254 e. The highest BCUT2D eigenvalue weighted by Crippen LogP contribution is 2.33. The molecule has 5 heteroatoms. The molecule has 0 spiro atoms. The van der Waals surface area contributed by atoms with Crippen LogP contribution in [0.1, 0.15) is 48.9 Å². The number of methoxy groups -OCH3 is 1. The molecule has 1 aromatic rings. The number of nitrogens with zero attached hydrogens (tertiary/aromatic N) is 1. The lowest BCUT2D eigenvalue weighted by molar-refractivity contribution is 0.0740. The summed E-state index contributed by atoms with van der Waals surface area (Å²) in [5.74, 6) is 1.39. The Labute approximate surface area is 137 Å². The van der Waals surface area contributed by atoms with Crippen LogP contribution >= 0.6 is 0 Å². The molecule has 126 valence electrons. The summed E-state index contributed by atoms with van der Waals surface area (Å²) < 4.78 is 11.5. The van der Waals surface area contributed by atoms with Gasteiger partial charge in [0.25, 0.3) is 5.91 Å². The monoisotopic (exact) mass is 318 g/mol. The summed E-state index contributed by atoms with van der Waals surface area (Å²) >= 11 is 0. The number of ether oxygens (including phenoxy) is 2. The van der Waals surface area contributed by atoms with Crippen molar-refractivity contribution in [3.63, 3.8) is 0 Å². The average molecular weight is 318 g/mol. The summed E-state index contributed by atoms with van der Waals surface area (Å²) in [5.41, 5.74) is 6.41. The van der Waals surface area contributed by atoms with Crippen LogP contribution in [0.3, 0.4) is 0 Å². The van der Waals surface area contributed by atoms with Crippen LogP contribution in [0.15, 0.2) is 18.2 Å². The quantitative estimate of drug-likeness (QED) is 0.906. The highest BCUT2D eigenvalue weighted by molar-refractivity contribution is 5.95. The second-order valence-corrected chi connectivity index (χ2v) is 6.42. The van der Waals surface area contributed by atoms with Gasteiger partial charge in [-0.3, -0.25) is 4.79 Å². The lowest BCUT2D eigenvalue weighted by Gasteiger charge is -2.24. The molecule has 1 aliphatic carbocycles. The van der Waals surface area contributed by atoms with E-state index in [1.54, 1.807) is 13.2 Å². The van der Waals surface area contributed by atoms with Crippen LogP contribution in [-0.4, -0.2) is 43.2 Å². The molecule has 1 heterocycles. The van der Waals surface area contributed by atoms with E-state index in [9.17, 15) is 4.79 Å². The van der Waals surface area contributed by atoms with Gasteiger partial charge in [-0.25, -0.2) is 0 Å². The van der Waals surface area contributed by atoms with Gasteiger partial charge >= 0.3 is 0 Å². The molecule has 1 aromatic carbocycles. The van der Waals surface area contributed by atoms with Gasteiger partial charge in [-0.15, -0.1) is 0 Å². The van der Waals surface area contributed by atoms with Crippen molar-refractivity contribution in [2.45, 2.75) is 50.7 Å². The van der Waals surface area contributed by atoms with Crippen LogP contribution in [0, 0.1) is 0 Å². The topological polar surface area (TPSA) is 64.8 Å². The Balaban J connectivity index is 1.76. The van der Waals surface area contributed by atoms with E-state index in [1.165, 1.54) is 12.8 Å². The van der Waals surface area contributed by atoms with Crippen molar-refractivity contribution in [2.24, 2.45) is 5.73 Å². The number of likely N-dealkylation sites (tertiary alicyclic amines) is 1. The summed E-state index contributed by atoms with van der Waals surface area (Å²) in [7, 11) is 1.61. The Hall–Kier alpha value is -1.75. The molecule has 0 aromatic heterocycles. The fraction of sp³-hybridized carbons (Fsp3) is 0.611. The average Bonchev–Trinajstić information content (AvgIpc) is 3.25. The predicted octanol–water partition coefficient (Wildman–Crippen LogP) is 2.58. The molecule has 1 saturated carbocycles. The molecule has 2 aliphatic rings. The van der Waals surface area contributed by atoms with E-state index < -0.39 is 0 Å². The first-order valence-corrected chi connectivity index (χ1v) is 8.58. The van der Waals surface area contributed by atoms with Crippen LogP contribution in [0.2, 0.25) is 0 Å². The number of amides is 1. The minimum absolute atomic E-state index is 0.0312. The standard InChI is InChI=1S/C18H26N2O3/c1-22-17-11-13(18(21)20-10-4-5-14(20)12-19)8-9-16(17)23-15-6-2-3-7-15/h8-9,11,14-15H,2-7,10,12,19H2,1H3/t14-/m1/s1. The smallest absolute Gasteiger partial charge is 0.254 e. The Kier molecular flexibility index (Phi) is 5.06. The fourth-order valence-electron chi connectivity index (χ4n) is 3.60. The van der Waals surface area contributed by atoms with Gasteiger partial charge in [-0.05, 0) is 56.7 Å². The van der Waals surface area contributed by atoms with Crippen molar-refractivity contribution in [3.8, 4) is 11.5 Å². The summed E-state index contributed by atoms with van der Waals surface area (Å²) in [6.07, 6.45) is 6.91. The maximum absolute atomic E-state index is 12.7. The van der Waals surface area contributed by atoms with E-state index in [2.05, 4.69) is 0 Å². The van der Waals surface area contributed by atoms with Gasteiger partial charge in [0.1, 0.15) is 0 Å². The van der Waals surface area contributed by atoms with Gasteiger partial charge in [0.15, 0.2) is 11.5 Å². The molecule has 1 saturated heterocycles. The van der Waals surface area contributed by atoms with Gasteiger partial charge in [0, 0.05) is 24.7 Å². The third kappa shape index (κ3) is 3.44. The van der Waals surface area contributed by atoms with Crippen LogP contribution in [0.4, 0.5) is 0 Å². The summed E-state index contributed by atoms with van der Waals surface area (Å²) in [4.78, 5) is 14.6. The highest BCUT2D eigenvalue weighted by Gasteiger charge is 2.29. The molecule has 5 nitrogen and oxygen atoms in total. The first kappa shape index (κ1) is 16.1. The van der Waals surface area contributed by atoms with Gasteiger partial charge < -0.3 is 20.1 Å². The SMILES string of the molecule is COc1cc(C(=O)N2CCC[C@@H]2CN)ccc1OC1CCCC1. The van der Waals surface area contributed by atoms with Crippen molar-refractivity contribution < 1.29 is 14.3 Å². The molecular formula is C18H26N2O3. The van der Waals surface area contributed by atoms with Crippen molar-refractivity contribution in [3.05, 3.63) is 23.8 Å². The van der Waals surface area contributed by atoms with E-state index in [-0.39, 0.29) is 18.1 Å².